The highest BCUT2D eigenvalue weighted by atomic mass is 15.1. The summed E-state index contributed by atoms with van der Waals surface area (Å²) in [5.74, 6) is 2.88. The van der Waals surface area contributed by atoms with Crippen molar-refractivity contribution in [1.29, 1.82) is 0 Å². The highest BCUT2D eigenvalue weighted by Crippen LogP contribution is 2.17. The minimum atomic E-state index is 0.253. The molecule has 0 aliphatic heterocycles. The van der Waals surface area contributed by atoms with Crippen molar-refractivity contribution in [2.24, 2.45) is 0 Å². The molecule has 0 fully saturated rings. The second kappa shape index (κ2) is 7.06. The highest BCUT2D eigenvalue weighted by molar-refractivity contribution is 5.48. The zero-order valence-corrected chi connectivity index (χ0v) is 13.2. The van der Waals surface area contributed by atoms with Gasteiger partial charge in [-0.15, -0.1) is 0 Å². The predicted octanol–water partition coefficient (Wildman–Crippen LogP) is 2.73. The van der Waals surface area contributed by atoms with Gasteiger partial charge in [-0.05, 0) is 13.8 Å². The fourth-order valence-electron chi connectivity index (χ4n) is 2.08. The minimum Gasteiger partial charge on any atom is -0.370 e. The van der Waals surface area contributed by atoms with E-state index < -0.39 is 0 Å². The van der Waals surface area contributed by atoms with Crippen molar-refractivity contribution in [3.8, 4) is 0 Å². The average molecular weight is 288 g/mol. The Morgan fingerprint density at radius 3 is 2.57 bits per heavy atom. The lowest BCUT2D eigenvalue weighted by Crippen LogP contribution is -2.22. The van der Waals surface area contributed by atoms with E-state index in [4.69, 9.17) is 0 Å². The lowest BCUT2D eigenvalue weighted by molar-refractivity contribution is 0.616. The highest BCUT2D eigenvalue weighted by Gasteiger charge is 2.10. The molecule has 1 atom stereocenters. The van der Waals surface area contributed by atoms with Gasteiger partial charge in [0.05, 0.1) is 6.33 Å². The average Bonchev–Trinajstić information content (AvgIpc) is 2.91. The van der Waals surface area contributed by atoms with Crippen LogP contribution < -0.4 is 10.6 Å². The first-order valence-electron chi connectivity index (χ1n) is 7.43. The molecule has 0 saturated heterocycles. The predicted molar refractivity (Wildman–Crippen MR) is 85.6 cm³/mol. The zero-order valence-electron chi connectivity index (χ0n) is 13.2. The van der Waals surface area contributed by atoms with E-state index in [-0.39, 0.29) is 6.04 Å². The lowest BCUT2D eigenvalue weighted by Gasteiger charge is -2.17. The van der Waals surface area contributed by atoms with Gasteiger partial charge in [0, 0.05) is 43.5 Å². The summed E-state index contributed by atoms with van der Waals surface area (Å²) in [5.41, 5.74) is 0. The number of hydrogen-bond acceptors (Lipinski definition) is 5. The largest absolute Gasteiger partial charge is 0.370 e. The Hall–Kier alpha value is -2.11. The van der Waals surface area contributed by atoms with Gasteiger partial charge in [0.1, 0.15) is 17.5 Å². The van der Waals surface area contributed by atoms with Crippen LogP contribution in [-0.2, 0) is 6.54 Å². The van der Waals surface area contributed by atoms with Crippen molar-refractivity contribution in [2.45, 2.75) is 46.2 Å². The number of anilines is 2. The number of rotatable bonds is 7. The molecule has 0 aromatic carbocycles. The maximum Gasteiger partial charge on any atom is 0.135 e. The molecule has 2 N–H and O–H groups in total. The minimum absolute atomic E-state index is 0.253. The smallest absolute Gasteiger partial charge is 0.135 e. The molecule has 21 heavy (non-hydrogen) atoms. The molecule has 2 aromatic rings. The molecule has 2 aromatic heterocycles. The van der Waals surface area contributed by atoms with Crippen molar-refractivity contribution in [3.63, 3.8) is 0 Å². The molecule has 0 spiro atoms. The summed E-state index contributed by atoms with van der Waals surface area (Å²) in [6.07, 6.45) is 5.57. The molecule has 114 valence electrons. The number of imidazole rings is 1. The number of nitrogens with one attached hydrogen (secondary N) is 2. The van der Waals surface area contributed by atoms with Crippen LogP contribution in [0, 0.1) is 0 Å². The molecular formula is C15H24N6. The Morgan fingerprint density at radius 2 is 1.95 bits per heavy atom. The summed E-state index contributed by atoms with van der Waals surface area (Å²) in [4.78, 5) is 13.2. The molecule has 0 saturated carbocycles. The lowest BCUT2D eigenvalue weighted by atomic mass is 10.2. The van der Waals surface area contributed by atoms with Gasteiger partial charge >= 0.3 is 0 Å². The zero-order chi connectivity index (χ0) is 15.2. The first-order valence-corrected chi connectivity index (χ1v) is 7.43. The fraction of sp³-hybridized carbons (Fsp3) is 0.533. The maximum absolute atomic E-state index is 4.60. The van der Waals surface area contributed by atoms with Crippen LogP contribution in [0.4, 0.5) is 11.6 Å². The van der Waals surface area contributed by atoms with Gasteiger partial charge in [0.15, 0.2) is 0 Å². The first-order chi connectivity index (χ1) is 10.1. The summed E-state index contributed by atoms with van der Waals surface area (Å²) in [6.45, 7) is 10.1. The van der Waals surface area contributed by atoms with Crippen LogP contribution in [0.25, 0.3) is 0 Å². The van der Waals surface area contributed by atoms with Crippen molar-refractivity contribution >= 4 is 11.6 Å². The monoisotopic (exact) mass is 288 g/mol. The molecule has 6 heteroatoms. The van der Waals surface area contributed by atoms with E-state index in [0.29, 0.717) is 5.92 Å². The molecule has 2 heterocycles. The summed E-state index contributed by atoms with van der Waals surface area (Å²) in [5, 5.41) is 6.69. The van der Waals surface area contributed by atoms with Crippen LogP contribution in [0.3, 0.4) is 0 Å². The normalized spacial score (nSPS) is 12.4. The molecule has 6 nitrogen and oxygen atoms in total. The number of aromatic nitrogens is 4. The van der Waals surface area contributed by atoms with E-state index in [1.54, 1.807) is 6.20 Å². The second-order valence-electron chi connectivity index (χ2n) is 5.49. The standard InChI is InChI=1S/C15H24N6/c1-5-17-13-8-14(20-15(19-13)11(2)3)18-12(4)9-21-7-6-16-10-21/h6-8,10-12H,5,9H2,1-4H3,(H2,17,18,19,20). The van der Waals surface area contributed by atoms with Gasteiger partial charge in [-0.25, -0.2) is 15.0 Å². The Morgan fingerprint density at radius 1 is 1.19 bits per heavy atom. The third kappa shape index (κ3) is 4.44. The van der Waals surface area contributed by atoms with E-state index >= 15 is 0 Å². The topological polar surface area (TPSA) is 67.7 Å². The molecule has 0 bridgehead atoms. The first kappa shape index (κ1) is 15.3. The number of hydrogen-bond donors (Lipinski definition) is 2. The number of nitrogens with zero attached hydrogens (tertiary/aromatic N) is 4. The molecule has 0 amide bonds. The fourth-order valence-corrected chi connectivity index (χ4v) is 2.08. The van der Waals surface area contributed by atoms with E-state index in [9.17, 15) is 0 Å². The van der Waals surface area contributed by atoms with Crippen LogP contribution in [0.2, 0.25) is 0 Å². The van der Waals surface area contributed by atoms with Crippen LogP contribution in [0.5, 0.6) is 0 Å². The molecular weight excluding hydrogens is 264 g/mol. The molecule has 1 unspecified atom stereocenters. The molecule has 2 rings (SSSR count). The summed E-state index contributed by atoms with van der Waals surface area (Å²) in [7, 11) is 0. The maximum atomic E-state index is 4.60. The van der Waals surface area contributed by atoms with Crippen molar-refractivity contribution < 1.29 is 0 Å². The van der Waals surface area contributed by atoms with Gasteiger partial charge < -0.3 is 15.2 Å². The molecule has 0 radical (unpaired) electrons. The SMILES string of the molecule is CCNc1cc(NC(C)Cn2ccnc2)nc(C(C)C)n1. The molecule has 0 aliphatic carbocycles. The summed E-state index contributed by atoms with van der Waals surface area (Å²) < 4.78 is 2.05. The van der Waals surface area contributed by atoms with Crippen molar-refractivity contribution in [3.05, 3.63) is 30.6 Å². The summed E-state index contributed by atoms with van der Waals surface area (Å²) >= 11 is 0. The van der Waals surface area contributed by atoms with E-state index in [1.807, 2.05) is 23.2 Å². The van der Waals surface area contributed by atoms with E-state index in [0.717, 1.165) is 30.5 Å². The Balaban J connectivity index is 2.10. The second-order valence-corrected chi connectivity index (χ2v) is 5.49. The Kier molecular flexibility index (Phi) is 5.14. The van der Waals surface area contributed by atoms with Gasteiger partial charge in [-0.1, -0.05) is 13.8 Å². The van der Waals surface area contributed by atoms with Crippen molar-refractivity contribution in [1.82, 2.24) is 19.5 Å². The molecule has 0 aliphatic rings. The van der Waals surface area contributed by atoms with E-state index in [2.05, 4.69) is 53.3 Å². The van der Waals surface area contributed by atoms with Gasteiger partial charge in [0.25, 0.3) is 0 Å². The van der Waals surface area contributed by atoms with Gasteiger partial charge in [-0.2, -0.15) is 0 Å². The Labute approximate surface area is 126 Å². The third-order valence-corrected chi connectivity index (χ3v) is 3.06. The van der Waals surface area contributed by atoms with Crippen LogP contribution in [0.1, 0.15) is 39.4 Å². The van der Waals surface area contributed by atoms with Crippen LogP contribution in [0.15, 0.2) is 24.8 Å². The Bertz CT molecular complexity index is 549. The van der Waals surface area contributed by atoms with Crippen LogP contribution in [-0.4, -0.2) is 32.1 Å². The quantitative estimate of drug-likeness (QED) is 0.820. The van der Waals surface area contributed by atoms with Crippen LogP contribution >= 0.6 is 0 Å². The third-order valence-electron chi connectivity index (χ3n) is 3.06. The van der Waals surface area contributed by atoms with Gasteiger partial charge in [0.2, 0.25) is 0 Å². The van der Waals surface area contributed by atoms with Crippen molar-refractivity contribution in [2.75, 3.05) is 17.2 Å². The van der Waals surface area contributed by atoms with Gasteiger partial charge in [-0.3, -0.25) is 0 Å². The summed E-state index contributed by atoms with van der Waals surface area (Å²) in [6, 6.07) is 2.21. The van der Waals surface area contributed by atoms with E-state index in [1.165, 1.54) is 0 Å².